The van der Waals surface area contributed by atoms with Crippen LogP contribution in [0, 0.1) is 5.82 Å². The van der Waals surface area contributed by atoms with Crippen LogP contribution >= 0.6 is 11.3 Å². The zero-order chi connectivity index (χ0) is 19.7. The summed E-state index contributed by atoms with van der Waals surface area (Å²) in [4.78, 5) is 21.9. The average molecular weight is 398 g/mol. The van der Waals surface area contributed by atoms with Gasteiger partial charge in [0.25, 0.3) is 0 Å². The van der Waals surface area contributed by atoms with Crippen molar-refractivity contribution in [2.75, 3.05) is 11.4 Å². The van der Waals surface area contributed by atoms with E-state index in [1.807, 2.05) is 34.1 Å². The Morgan fingerprint density at radius 3 is 2.50 bits per heavy atom. The molecule has 2 atom stereocenters. The van der Waals surface area contributed by atoms with Crippen LogP contribution in [-0.2, 0) is 4.79 Å². The van der Waals surface area contributed by atoms with Crippen LogP contribution in [0.15, 0.2) is 48.5 Å². The van der Waals surface area contributed by atoms with Gasteiger partial charge in [0.15, 0.2) is 5.13 Å². The fraction of sp³-hybridized carbons (Fsp3) is 0.364. The van der Waals surface area contributed by atoms with Gasteiger partial charge in [-0.1, -0.05) is 23.5 Å². The molecule has 1 amide bonds. The molecule has 1 aliphatic rings. The minimum absolute atomic E-state index is 0.0864. The van der Waals surface area contributed by atoms with Crippen LogP contribution < -0.4 is 4.90 Å². The van der Waals surface area contributed by atoms with Gasteiger partial charge in [0, 0.05) is 17.8 Å². The zero-order valence-corrected chi connectivity index (χ0v) is 17.0. The van der Waals surface area contributed by atoms with Crippen LogP contribution in [-0.4, -0.2) is 34.4 Å². The number of para-hydroxylation sites is 1. The summed E-state index contributed by atoms with van der Waals surface area (Å²) in [7, 11) is 0. The number of amides is 1. The van der Waals surface area contributed by atoms with E-state index in [2.05, 4.69) is 13.8 Å². The van der Waals surface area contributed by atoms with Gasteiger partial charge in [0.2, 0.25) is 5.91 Å². The van der Waals surface area contributed by atoms with E-state index < -0.39 is 0 Å². The van der Waals surface area contributed by atoms with E-state index in [1.54, 1.807) is 23.5 Å². The highest BCUT2D eigenvalue weighted by Gasteiger charge is 2.30. The molecule has 1 aliphatic heterocycles. The molecule has 1 fully saturated rings. The Morgan fingerprint density at radius 2 is 1.82 bits per heavy atom. The van der Waals surface area contributed by atoms with E-state index in [9.17, 15) is 9.18 Å². The van der Waals surface area contributed by atoms with Gasteiger partial charge in [0.05, 0.1) is 10.2 Å². The molecular weight excluding hydrogens is 373 g/mol. The second kappa shape index (κ2) is 7.87. The number of aromatic nitrogens is 1. The van der Waals surface area contributed by atoms with Gasteiger partial charge in [-0.05, 0) is 69.5 Å². The predicted molar refractivity (Wildman–Crippen MR) is 113 cm³/mol. The summed E-state index contributed by atoms with van der Waals surface area (Å²) >= 11 is 1.54. The summed E-state index contributed by atoms with van der Waals surface area (Å²) in [5, 5.41) is 0.749. The maximum absolute atomic E-state index is 13.5. The Labute approximate surface area is 168 Å². The molecular formula is C22H24FN3OS. The molecule has 1 saturated heterocycles. The first-order chi connectivity index (χ1) is 13.5. The molecule has 28 heavy (non-hydrogen) atoms. The Hall–Kier alpha value is -2.47. The lowest BCUT2D eigenvalue weighted by Crippen LogP contribution is -2.50. The molecule has 1 aromatic heterocycles. The van der Waals surface area contributed by atoms with Crippen molar-refractivity contribution in [3.05, 3.63) is 54.3 Å². The minimum Gasteiger partial charge on any atom is -0.336 e. The van der Waals surface area contributed by atoms with E-state index in [0.29, 0.717) is 0 Å². The van der Waals surface area contributed by atoms with Gasteiger partial charge in [-0.3, -0.25) is 4.79 Å². The predicted octanol–water partition coefficient (Wildman–Crippen LogP) is 5.36. The van der Waals surface area contributed by atoms with E-state index in [1.165, 1.54) is 12.1 Å². The van der Waals surface area contributed by atoms with Crippen LogP contribution in [0.4, 0.5) is 15.2 Å². The smallest absolute Gasteiger partial charge is 0.243 e. The first-order valence-electron chi connectivity index (χ1n) is 9.73. The van der Waals surface area contributed by atoms with E-state index in [-0.39, 0.29) is 30.4 Å². The van der Waals surface area contributed by atoms with Crippen LogP contribution in [0.1, 0.15) is 33.1 Å². The number of anilines is 2. The van der Waals surface area contributed by atoms with Crippen molar-refractivity contribution in [1.82, 2.24) is 9.88 Å². The average Bonchev–Trinajstić information content (AvgIpc) is 3.10. The van der Waals surface area contributed by atoms with Crippen molar-refractivity contribution in [2.45, 2.75) is 45.2 Å². The monoisotopic (exact) mass is 397 g/mol. The standard InChI is InChI=1S/C22H24FN3OS/c1-15-6-5-7-16(2)26(15)21(27)14-25(18-12-10-17(23)11-13-18)22-24-19-8-3-4-9-20(19)28-22/h3-4,8-13,15-16H,5-7,14H2,1-2H3/t15-,16+. The molecule has 0 aliphatic carbocycles. The fourth-order valence-electron chi connectivity index (χ4n) is 4.00. The molecule has 2 heterocycles. The lowest BCUT2D eigenvalue weighted by molar-refractivity contribution is -0.135. The molecule has 3 aromatic rings. The van der Waals surface area contributed by atoms with Crippen molar-refractivity contribution < 1.29 is 9.18 Å². The fourth-order valence-corrected chi connectivity index (χ4v) is 4.98. The second-order valence-corrected chi connectivity index (χ2v) is 8.47. The number of rotatable bonds is 4. The maximum Gasteiger partial charge on any atom is 0.243 e. The molecule has 0 spiro atoms. The normalized spacial score (nSPS) is 19.8. The first-order valence-corrected chi connectivity index (χ1v) is 10.5. The summed E-state index contributed by atoms with van der Waals surface area (Å²) in [6.07, 6.45) is 3.23. The highest BCUT2D eigenvalue weighted by Crippen LogP contribution is 2.34. The molecule has 146 valence electrons. The lowest BCUT2D eigenvalue weighted by Gasteiger charge is -2.40. The molecule has 6 heteroatoms. The Bertz CT molecular complexity index is 928. The zero-order valence-electron chi connectivity index (χ0n) is 16.1. The van der Waals surface area contributed by atoms with E-state index in [0.717, 1.165) is 40.3 Å². The maximum atomic E-state index is 13.5. The van der Waals surface area contributed by atoms with Gasteiger partial charge in [-0.2, -0.15) is 0 Å². The third-order valence-corrected chi connectivity index (χ3v) is 6.49. The van der Waals surface area contributed by atoms with Crippen LogP contribution in [0.25, 0.3) is 10.2 Å². The molecule has 0 saturated carbocycles. The number of hydrogen-bond donors (Lipinski definition) is 0. The largest absolute Gasteiger partial charge is 0.336 e. The number of carbonyl (C=O) groups is 1. The highest BCUT2D eigenvalue weighted by atomic mass is 32.1. The topological polar surface area (TPSA) is 36.4 Å². The van der Waals surface area contributed by atoms with E-state index in [4.69, 9.17) is 4.98 Å². The lowest BCUT2D eigenvalue weighted by atomic mass is 9.97. The number of carbonyl (C=O) groups excluding carboxylic acids is 1. The van der Waals surface area contributed by atoms with Crippen LogP contribution in [0.3, 0.4) is 0 Å². The Morgan fingerprint density at radius 1 is 1.14 bits per heavy atom. The number of thiazole rings is 1. The number of hydrogen-bond acceptors (Lipinski definition) is 4. The van der Waals surface area contributed by atoms with E-state index >= 15 is 0 Å². The van der Waals surface area contributed by atoms with Crippen molar-refractivity contribution in [3.63, 3.8) is 0 Å². The first kappa shape index (κ1) is 18.9. The number of likely N-dealkylation sites (tertiary alicyclic amines) is 1. The van der Waals surface area contributed by atoms with Crippen LogP contribution in [0.5, 0.6) is 0 Å². The number of benzene rings is 2. The Balaban J connectivity index is 1.68. The summed E-state index contributed by atoms with van der Waals surface area (Å²) in [5.74, 6) is -0.208. The number of piperidine rings is 1. The molecule has 0 bridgehead atoms. The summed E-state index contributed by atoms with van der Waals surface area (Å²) in [6.45, 7) is 4.43. The van der Waals surface area contributed by atoms with Crippen molar-refractivity contribution in [2.24, 2.45) is 0 Å². The van der Waals surface area contributed by atoms with Gasteiger partial charge in [-0.15, -0.1) is 0 Å². The van der Waals surface area contributed by atoms with Gasteiger partial charge >= 0.3 is 0 Å². The molecule has 4 rings (SSSR count). The Kier molecular flexibility index (Phi) is 5.31. The minimum atomic E-state index is -0.294. The summed E-state index contributed by atoms with van der Waals surface area (Å²) < 4.78 is 14.5. The van der Waals surface area contributed by atoms with Gasteiger partial charge in [-0.25, -0.2) is 9.37 Å². The summed E-state index contributed by atoms with van der Waals surface area (Å²) in [6, 6.07) is 14.7. The SMILES string of the molecule is C[C@@H]1CCC[C@H](C)N1C(=O)CN(c1ccc(F)cc1)c1nc2ccccc2s1. The summed E-state index contributed by atoms with van der Waals surface area (Å²) in [5.41, 5.74) is 1.67. The van der Waals surface area contributed by atoms with Crippen molar-refractivity contribution in [3.8, 4) is 0 Å². The van der Waals surface area contributed by atoms with Gasteiger partial charge < -0.3 is 9.80 Å². The molecule has 0 unspecified atom stereocenters. The number of halogens is 1. The molecule has 0 radical (unpaired) electrons. The molecule has 0 N–H and O–H groups in total. The number of fused-ring (bicyclic) bond motifs is 1. The van der Waals surface area contributed by atoms with Crippen LogP contribution in [0.2, 0.25) is 0 Å². The molecule has 2 aromatic carbocycles. The third-order valence-electron chi connectivity index (χ3n) is 5.43. The molecule has 4 nitrogen and oxygen atoms in total. The second-order valence-electron chi connectivity index (χ2n) is 7.46. The number of nitrogens with zero attached hydrogens (tertiary/aromatic N) is 3. The quantitative estimate of drug-likeness (QED) is 0.594. The third kappa shape index (κ3) is 3.74. The van der Waals surface area contributed by atoms with Gasteiger partial charge in [0.1, 0.15) is 12.4 Å². The highest BCUT2D eigenvalue weighted by molar-refractivity contribution is 7.22. The van der Waals surface area contributed by atoms with Crippen molar-refractivity contribution >= 4 is 38.3 Å². The van der Waals surface area contributed by atoms with Crippen molar-refractivity contribution in [1.29, 1.82) is 0 Å².